The smallest absolute Gasteiger partial charge is 0.305 e. The van der Waals surface area contributed by atoms with E-state index in [4.69, 9.17) is 14.1 Å². The minimum absolute atomic E-state index is 0.104. The molecule has 1 saturated heterocycles. The van der Waals surface area contributed by atoms with Crippen molar-refractivity contribution in [3.8, 4) is 17.2 Å². The molecule has 44 heavy (non-hydrogen) atoms. The van der Waals surface area contributed by atoms with Crippen LogP contribution in [-0.2, 0) is 35.2 Å². The van der Waals surface area contributed by atoms with Crippen LogP contribution in [0.3, 0.4) is 0 Å². The number of fused-ring (bicyclic) bond motifs is 1. The van der Waals surface area contributed by atoms with E-state index in [0.29, 0.717) is 29.1 Å². The molecule has 1 aliphatic carbocycles. The van der Waals surface area contributed by atoms with Gasteiger partial charge in [0.2, 0.25) is 17.7 Å². The first-order chi connectivity index (χ1) is 21.0. The number of hydrogen-bond donors (Lipinski definition) is 3. The fourth-order valence-corrected chi connectivity index (χ4v) is 5.71. The van der Waals surface area contributed by atoms with Crippen LogP contribution in [0.25, 0.3) is 11.5 Å². The molecular formula is C30H39N5O9. The van der Waals surface area contributed by atoms with Gasteiger partial charge in [-0.1, -0.05) is 31.8 Å². The van der Waals surface area contributed by atoms with Gasteiger partial charge in [-0.15, -0.1) is 0 Å². The van der Waals surface area contributed by atoms with E-state index in [9.17, 15) is 29.1 Å². The third-order valence-corrected chi connectivity index (χ3v) is 7.95. The summed E-state index contributed by atoms with van der Waals surface area (Å²) in [7, 11) is 1.47. The van der Waals surface area contributed by atoms with Crippen molar-refractivity contribution in [3.05, 3.63) is 29.6 Å². The first kappa shape index (κ1) is 32.6. The molecule has 14 nitrogen and oxygen atoms in total. The number of aryl methyl sites for hydroxylation is 1. The number of aliphatic carboxylic acids is 1. The maximum atomic E-state index is 13.3. The zero-order chi connectivity index (χ0) is 32.0. The van der Waals surface area contributed by atoms with Gasteiger partial charge in [0.25, 0.3) is 5.89 Å². The van der Waals surface area contributed by atoms with Crippen LogP contribution < -0.4 is 15.4 Å². The number of nitrogens with zero attached hydrogens (tertiary/aromatic N) is 3. The van der Waals surface area contributed by atoms with Gasteiger partial charge in [0.15, 0.2) is 11.6 Å². The number of carbonyl (C=O) groups excluding carboxylic acids is 4. The van der Waals surface area contributed by atoms with E-state index in [1.165, 1.54) is 12.2 Å². The van der Waals surface area contributed by atoms with Gasteiger partial charge in [0.1, 0.15) is 24.4 Å². The van der Waals surface area contributed by atoms with Crippen molar-refractivity contribution in [2.75, 3.05) is 13.7 Å². The summed E-state index contributed by atoms with van der Waals surface area (Å²) in [5, 5.41) is 19.6. The van der Waals surface area contributed by atoms with Gasteiger partial charge in [-0.05, 0) is 49.8 Å². The molecule has 2 fully saturated rings. The highest BCUT2D eigenvalue weighted by molar-refractivity contribution is 5.95. The summed E-state index contributed by atoms with van der Waals surface area (Å²) in [6.07, 6.45) is 3.21. The van der Waals surface area contributed by atoms with Crippen LogP contribution in [0.15, 0.2) is 22.7 Å². The van der Waals surface area contributed by atoms with Crippen LogP contribution in [-0.4, -0.2) is 81.6 Å². The normalized spacial score (nSPS) is 19.3. The van der Waals surface area contributed by atoms with Gasteiger partial charge in [-0.3, -0.25) is 28.8 Å². The molecule has 1 aromatic heterocycles. The Kier molecular flexibility index (Phi) is 10.7. The van der Waals surface area contributed by atoms with Gasteiger partial charge in [0.05, 0.1) is 26.0 Å². The SMILES string of the molecule is COc1ccc(-c2nc(C)no2)cc1CC(=O)N[C@H](C(=O)N[C@@H](CC(=O)O)C(=O)CON1C(=O)C[C@@H]2CCCC[C@@H]21)C(C)C. The van der Waals surface area contributed by atoms with Crippen LogP contribution in [0.5, 0.6) is 5.75 Å². The molecule has 0 radical (unpaired) electrons. The Morgan fingerprint density at radius 3 is 2.57 bits per heavy atom. The number of amides is 3. The van der Waals surface area contributed by atoms with Crippen molar-refractivity contribution in [1.82, 2.24) is 25.8 Å². The molecule has 0 unspecified atom stereocenters. The Balaban J connectivity index is 1.40. The molecule has 1 saturated carbocycles. The van der Waals surface area contributed by atoms with E-state index in [1.807, 2.05) is 0 Å². The molecule has 0 spiro atoms. The van der Waals surface area contributed by atoms with Crippen molar-refractivity contribution in [2.24, 2.45) is 11.8 Å². The number of benzene rings is 1. The minimum atomic E-state index is -1.42. The van der Waals surface area contributed by atoms with E-state index in [1.54, 1.807) is 39.0 Å². The molecule has 14 heteroatoms. The lowest BCUT2D eigenvalue weighted by Gasteiger charge is -2.30. The third-order valence-electron chi connectivity index (χ3n) is 7.95. The Bertz CT molecular complexity index is 1390. The second kappa shape index (κ2) is 14.4. The van der Waals surface area contributed by atoms with Crippen LogP contribution in [0, 0.1) is 18.8 Å². The standard InChI is InChI=1S/C30H39N5O9/c1-16(2)28(33-25(37)12-20-11-19(9-10-24(20)42-4)30-31-17(3)34-44-30)29(41)32-21(14-27(39)40)23(36)15-43-35-22-8-6-5-7-18(22)13-26(35)38/h9-11,16,18,21-22,28H,5-8,12-15H2,1-4H3,(H,32,41)(H,33,37)(H,39,40)/t18-,21-,22-,28-/m0/s1. The lowest BCUT2D eigenvalue weighted by atomic mass is 9.85. The quantitative estimate of drug-likeness (QED) is 0.282. The first-order valence-corrected chi connectivity index (χ1v) is 14.7. The fourth-order valence-electron chi connectivity index (χ4n) is 5.71. The van der Waals surface area contributed by atoms with Crippen LogP contribution in [0.1, 0.15) is 63.8 Å². The zero-order valence-electron chi connectivity index (χ0n) is 25.3. The number of carboxylic acid groups (broad SMARTS) is 1. The number of nitrogens with one attached hydrogen (secondary N) is 2. The van der Waals surface area contributed by atoms with E-state index in [2.05, 4.69) is 20.8 Å². The summed E-state index contributed by atoms with van der Waals surface area (Å²) in [6.45, 7) is 4.53. The molecule has 4 rings (SSSR count). The maximum Gasteiger partial charge on any atom is 0.305 e. The Labute approximate surface area is 254 Å². The highest BCUT2D eigenvalue weighted by Crippen LogP contribution is 2.37. The van der Waals surface area contributed by atoms with E-state index in [0.717, 1.165) is 25.7 Å². The number of hydrogen-bond acceptors (Lipinski definition) is 10. The number of rotatable bonds is 14. The first-order valence-electron chi connectivity index (χ1n) is 14.7. The zero-order valence-corrected chi connectivity index (χ0v) is 25.3. The van der Waals surface area contributed by atoms with Gasteiger partial charge in [0, 0.05) is 17.5 Å². The lowest BCUT2D eigenvalue weighted by molar-refractivity contribution is -0.194. The predicted octanol–water partition coefficient (Wildman–Crippen LogP) is 1.99. The summed E-state index contributed by atoms with van der Waals surface area (Å²) < 4.78 is 10.6. The van der Waals surface area contributed by atoms with Crippen molar-refractivity contribution in [3.63, 3.8) is 0 Å². The summed E-state index contributed by atoms with van der Waals surface area (Å²) in [5.41, 5.74) is 1.09. The van der Waals surface area contributed by atoms with E-state index >= 15 is 0 Å². The molecule has 2 aliphatic rings. The molecule has 2 aromatic rings. The fraction of sp³-hybridized carbons (Fsp3) is 0.567. The van der Waals surface area contributed by atoms with E-state index < -0.39 is 54.6 Å². The second-order valence-electron chi connectivity index (χ2n) is 11.6. The average molecular weight is 614 g/mol. The number of hydroxylamine groups is 2. The van der Waals surface area contributed by atoms with Gasteiger partial charge >= 0.3 is 5.97 Å². The summed E-state index contributed by atoms with van der Waals surface area (Å²) in [6, 6.07) is 2.45. The Morgan fingerprint density at radius 1 is 1.16 bits per heavy atom. The van der Waals surface area contributed by atoms with Crippen LogP contribution in [0.2, 0.25) is 0 Å². The van der Waals surface area contributed by atoms with Crippen molar-refractivity contribution < 1.29 is 43.2 Å². The monoisotopic (exact) mass is 613 g/mol. The number of methoxy groups -OCH3 is 1. The van der Waals surface area contributed by atoms with Crippen molar-refractivity contribution >= 4 is 29.5 Å². The Hall–Kier alpha value is -4.33. The molecule has 3 N–H and O–H groups in total. The summed E-state index contributed by atoms with van der Waals surface area (Å²) in [4.78, 5) is 73.3. The molecule has 238 valence electrons. The Morgan fingerprint density at radius 2 is 1.91 bits per heavy atom. The summed E-state index contributed by atoms with van der Waals surface area (Å²) >= 11 is 0. The highest BCUT2D eigenvalue weighted by atomic mass is 16.7. The molecule has 1 aliphatic heterocycles. The van der Waals surface area contributed by atoms with Gasteiger partial charge in [-0.25, -0.2) is 5.06 Å². The van der Waals surface area contributed by atoms with Gasteiger partial charge in [-0.2, -0.15) is 4.98 Å². The highest BCUT2D eigenvalue weighted by Gasteiger charge is 2.42. The predicted molar refractivity (Wildman–Crippen MR) is 154 cm³/mol. The average Bonchev–Trinajstić information content (AvgIpc) is 3.55. The van der Waals surface area contributed by atoms with Crippen LogP contribution >= 0.6 is 0 Å². The number of ether oxygens (including phenoxy) is 1. The number of carboxylic acids is 1. The van der Waals surface area contributed by atoms with Crippen molar-refractivity contribution in [2.45, 2.75) is 83.8 Å². The van der Waals surface area contributed by atoms with Crippen molar-refractivity contribution in [1.29, 1.82) is 0 Å². The van der Waals surface area contributed by atoms with Crippen LogP contribution in [0.4, 0.5) is 0 Å². The molecule has 3 amide bonds. The third kappa shape index (κ3) is 7.98. The van der Waals surface area contributed by atoms with Gasteiger partial charge < -0.3 is 25.0 Å². The van der Waals surface area contributed by atoms with E-state index in [-0.39, 0.29) is 30.2 Å². The molecule has 2 heterocycles. The molecule has 1 aromatic carbocycles. The minimum Gasteiger partial charge on any atom is -0.496 e. The number of aromatic nitrogens is 2. The maximum absolute atomic E-state index is 13.3. The number of Topliss-reactive ketones (excluding diaryl/α,β-unsaturated/α-hetero) is 1. The second-order valence-corrected chi connectivity index (χ2v) is 11.6. The number of ketones is 1. The number of carbonyl (C=O) groups is 5. The molecule has 0 bridgehead atoms. The topological polar surface area (TPSA) is 190 Å². The summed E-state index contributed by atoms with van der Waals surface area (Å²) in [5.74, 6) is -2.49. The molecular weight excluding hydrogens is 574 g/mol. The molecule has 4 atom stereocenters. The lowest BCUT2D eigenvalue weighted by Crippen LogP contribution is -2.55. The largest absolute Gasteiger partial charge is 0.496 e.